The van der Waals surface area contributed by atoms with Gasteiger partial charge in [0, 0.05) is 11.8 Å². The van der Waals surface area contributed by atoms with Gasteiger partial charge in [-0.2, -0.15) is 13.2 Å². The van der Waals surface area contributed by atoms with E-state index in [4.69, 9.17) is 16.3 Å². The molecule has 2 rings (SSSR count). The lowest BCUT2D eigenvalue weighted by atomic mass is 10.2. The Balaban J connectivity index is 2.47. The number of ether oxygens (including phenoxy) is 1. The van der Waals surface area contributed by atoms with Crippen molar-refractivity contribution in [1.29, 1.82) is 0 Å². The minimum Gasteiger partial charge on any atom is -0.456 e. The molecule has 0 amide bonds. The summed E-state index contributed by atoms with van der Waals surface area (Å²) in [5, 5.41) is 10.1. The molecule has 12 heteroatoms. The Morgan fingerprint density at radius 1 is 1.28 bits per heavy atom. The van der Waals surface area contributed by atoms with Crippen LogP contribution in [0, 0.1) is 15.0 Å². The van der Waals surface area contributed by atoms with Crippen LogP contribution in [0.15, 0.2) is 41.0 Å². The van der Waals surface area contributed by atoms with Gasteiger partial charge in [0.1, 0.15) is 17.1 Å². The predicted octanol–water partition coefficient (Wildman–Crippen LogP) is 6.34. The zero-order valence-corrected chi connectivity index (χ0v) is 16.6. The molecule has 0 saturated carbocycles. The van der Waals surface area contributed by atoms with Gasteiger partial charge < -0.3 is 4.74 Å². The Labute approximate surface area is 169 Å². The number of benzene rings is 2. The molecule has 0 saturated heterocycles. The van der Waals surface area contributed by atoms with Crippen molar-refractivity contribution in [3.05, 3.63) is 67.6 Å². The minimum atomic E-state index is -4.59. The predicted molar refractivity (Wildman–Crippen MR) is 104 cm³/mol. The van der Waals surface area contributed by atoms with Crippen molar-refractivity contribution < 1.29 is 27.6 Å². The summed E-state index contributed by atoms with van der Waals surface area (Å²) < 4.78 is 46.5. The van der Waals surface area contributed by atoms with Crippen molar-refractivity contribution in [2.75, 3.05) is 12.0 Å². The van der Waals surface area contributed by atoms with Crippen LogP contribution < -0.4 is 4.74 Å². The number of rotatable bonds is 6. The van der Waals surface area contributed by atoms with E-state index < -0.39 is 37.7 Å². The van der Waals surface area contributed by atoms with Crippen LogP contribution in [0.25, 0.3) is 0 Å². The number of nitroso groups, excluding NO2 is 1. The van der Waals surface area contributed by atoms with Crippen molar-refractivity contribution in [3.63, 3.8) is 0 Å². The maximum absolute atomic E-state index is 12.7. The van der Waals surface area contributed by atoms with Gasteiger partial charge >= 0.3 is 6.18 Å². The molecule has 29 heavy (non-hydrogen) atoms. The van der Waals surface area contributed by atoms with E-state index in [9.17, 15) is 33.0 Å². The van der Waals surface area contributed by atoms with Crippen molar-refractivity contribution in [2.45, 2.75) is 13.1 Å². The van der Waals surface area contributed by atoms with E-state index in [1.807, 2.05) is 0 Å². The van der Waals surface area contributed by atoms with Crippen LogP contribution >= 0.6 is 21.8 Å². The zero-order valence-electron chi connectivity index (χ0n) is 15.0. The molecule has 2 aromatic carbocycles. The summed E-state index contributed by atoms with van der Waals surface area (Å²) in [7, 11) is -2.70. The van der Waals surface area contributed by atoms with Gasteiger partial charge in [-0.3, -0.25) is 14.9 Å². The number of carbonyl (C=O) groups is 1. The quantitative estimate of drug-likeness (QED) is 0.290. The molecule has 156 valence electrons. The number of nitro groups is 1. The maximum atomic E-state index is 12.7. The normalized spacial score (nSPS) is 14.6. The minimum absolute atomic E-state index is 0.0793. The van der Waals surface area contributed by atoms with E-state index >= 15 is 0 Å². The Kier molecular flexibility index (Phi) is 6.53. The van der Waals surface area contributed by atoms with E-state index in [-0.39, 0.29) is 27.8 Å². The van der Waals surface area contributed by atoms with E-state index in [2.05, 4.69) is 4.58 Å². The summed E-state index contributed by atoms with van der Waals surface area (Å²) in [6.07, 6.45) is -3.27. The Morgan fingerprint density at radius 3 is 2.41 bits per heavy atom. The average Bonchev–Trinajstić information content (AvgIpc) is 2.67. The Bertz CT molecular complexity index is 986. The topological polar surface area (TPSA) is 98.9 Å². The highest BCUT2D eigenvalue weighted by Crippen LogP contribution is 2.50. The van der Waals surface area contributed by atoms with Crippen molar-refractivity contribution in [3.8, 4) is 11.5 Å². The number of hydrogen-bond donors (Lipinski definition) is 0. The van der Waals surface area contributed by atoms with Crippen LogP contribution in [0.1, 0.15) is 22.8 Å². The SMILES string of the molecule is CCS(C)(N=O)C(=O)c1cc(Oc2ccc(C(F)(F)F)cc2Cl)ccc1[N+](=O)[O-]. The summed E-state index contributed by atoms with van der Waals surface area (Å²) in [4.78, 5) is 34.3. The second kappa shape index (κ2) is 8.37. The third-order valence-corrected chi connectivity index (χ3v) is 6.76. The highest BCUT2D eigenvalue weighted by atomic mass is 35.5. The molecule has 1 atom stereocenters. The van der Waals surface area contributed by atoms with Crippen molar-refractivity contribution in [1.82, 2.24) is 0 Å². The van der Waals surface area contributed by atoms with Gasteiger partial charge in [0.15, 0.2) is 0 Å². The van der Waals surface area contributed by atoms with Crippen LogP contribution in [-0.4, -0.2) is 22.0 Å². The molecule has 0 fully saturated rings. The van der Waals surface area contributed by atoms with Gasteiger partial charge in [-0.25, -0.2) is 0 Å². The Morgan fingerprint density at radius 2 is 1.93 bits per heavy atom. The average molecular weight is 451 g/mol. The van der Waals surface area contributed by atoms with Crippen LogP contribution in [0.3, 0.4) is 0 Å². The molecule has 0 aromatic heterocycles. The molecule has 7 nitrogen and oxygen atoms in total. The number of alkyl halides is 3. The lowest BCUT2D eigenvalue weighted by Gasteiger charge is -2.23. The first-order chi connectivity index (χ1) is 13.4. The smallest absolute Gasteiger partial charge is 0.416 e. The van der Waals surface area contributed by atoms with Gasteiger partial charge in [0.25, 0.3) is 5.69 Å². The highest BCUT2D eigenvalue weighted by molar-refractivity contribution is 8.44. The van der Waals surface area contributed by atoms with Gasteiger partial charge in [0.05, 0.1) is 15.5 Å². The Hall–Kier alpha value is -2.66. The molecule has 0 heterocycles. The first kappa shape index (κ1) is 22.6. The fourth-order valence-electron chi connectivity index (χ4n) is 2.24. The van der Waals surface area contributed by atoms with E-state index in [1.54, 1.807) is 6.92 Å². The number of nitro benzene ring substituents is 1. The first-order valence-electron chi connectivity index (χ1n) is 7.91. The monoisotopic (exact) mass is 450 g/mol. The zero-order chi connectivity index (χ0) is 22.0. The fourth-order valence-corrected chi connectivity index (χ4v) is 3.53. The molecule has 0 aliphatic carbocycles. The molecular formula is C17H14ClF3N2O5S. The number of carbonyl (C=O) groups excluding carboxylic acids is 1. The maximum Gasteiger partial charge on any atom is 0.416 e. The van der Waals surface area contributed by atoms with Crippen LogP contribution in [0.2, 0.25) is 5.02 Å². The van der Waals surface area contributed by atoms with Crippen molar-refractivity contribution in [2.24, 2.45) is 4.58 Å². The van der Waals surface area contributed by atoms with Gasteiger partial charge in [-0.1, -0.05) is 18.5 Å². The second-order valence-corrected chi connectivity index (χ2v) is 9.46. The van der Waals surface area contributed by atoms with Crippen LogP contribution in [0.5, 0.6) is 11.5 Å². The molecule has 0 bridgehead atoms. The van der Waals surface area contributed by atoms with Crippen LogP contribution in [-0.2, 0) is 6.18 Å². The van der Waals surface area contributed by atoms with Crippen LogP contribution in [0.4, 0.5) is 18.9 Å². The van der Waals surface area contributed by atoms with Gasteiger partial charge in [0.2, 0.25) is 5.12 Å². The third kappa shape index (κ3) is 4.85. The van der Waals surface area contributed by atoms with Gasteiger partial charge in [-0.15, -0.1) is 4.91 Å². The summed E-state index contributed by atoms with van der Waals surface area (Å²) in [5.41, 5.74) is -1.90. The molecule has 2 aromatic rings. The van der Waals surface area contributed by atoms with Crippen molar-refractivity contribution >= 4 is 32.6 Å². The van der Waals surface area contributed by atoms with Gasteiger partial charge in [-0.05, 0) is 51.4 Å². The summed E-state index contributed by atoms with van der Waals surface area (Å²) >= 11 is 5.83. The third-order valence-electron chi connectivity index (χ3n) is 4.00. The summed E-state index contributed by atoms with van der Waals surface area (Å²) in [6.45, 7) is 1.56. The van der Waals surface area contributed by atoms with E-state index in [0.717, 1.165) is 30.3 Å². The molecule has 0 radical (unpaired) electrons. The number of hydrogen-bond acceptors (Lipinski definition) is 6. The molecule has 0 aliphatic heterocycles. The molecular weight excluding hydrogens is 437 g/mol. The lowest BCUT2D eigenvalue weighted by molar-refractivity contribution is -0.385. The standard InChI is InChI=1S/C17H14ClF3N2O5S/c1-3-29(2,22-25)16(24)12-9-11(5-6-14(12)23(26)27)28-15-7-4-10(8-13(15)18)17(19,20)21/h4-9H,3H2,1-2H3. The molecule has 0 N–H and O–H groups in total. The largest absolute Gasteiger partial charge is 0.456 e. The summed E-state index contributed by atoms with van der Waals surface area (Å²) in [6, 6.07) is 5.62. The number of nitrogens with zero attached hydrogens (tertiary/aromatic N) is 2. The van der Waals surface area contributed by atoms with E-state index in [0.29, 0.717) is 6.07 Å². The second-order valence-electron chi connectivity index (χ2n) is 5.87. The molecule has 1 unspecified atom stereocenters. The number of halogens is 4. The first-order valence-corrected chi connectivity index (χ1v) is 10.5. The molecule has 0 aliphatic rings. The van der Waals surface area contributed by atoms with E-state index in [1.165, 1.54) is 6.26 Å². The summed E-state index contributed by atoms with van der Waals surface area (Å²) in [5.74, 6) is -0.141. The highest BCUT2D eigenvalue weighted by Gasteiger charge is 2.34. The molecule has 0 spiro atoms. The lowest BCUT2D eigenvalue weighted by Crippen LogP contribution is -2.13. The fraction of sp³-hybridized carbons (Fsp3) is 0.235.